The standard InChI is InChI=1S/C23H14Cl2FN3O5/c24-18-7-14(8-19(25)22(18)33-12-13-1-3-16(26)4-2-13)11-27-28-23(30)21-10-15-9-17(29(31)32)5-6-20(15)34-21/h1-11H,12H2,(H,28,30)/b27-11+. The van der Waals surface area contributed by atoms with Crippen molar-refractivity contribution in [1.29, 1.82) is 0 Å². The monoisotopic (exact) mass is 501 g/mol. The minimum absolute atomic E-state index is 0.0618. The van der Waals surface area contributed by atoms with Gasteiger partial charge in [-0.1, -0.05) is 35.3 Å². The van der Waals surface area contributed by atoms with Crippen LogP contribution in [-0.4, -0.2) is 17.0 Å². The molecule has 0 saturated heterocycles. The van der Waals surface area contributed by atoms with Gasteiger partial charge in [-0.25, -0.2) is 9.82 Å². The number of hydrogen-bond acceptors (Lipinski definition) is 6. The van der Waals surface area contributed by atoms with Gasteiger partial charge in [0.15, 0.2) is 11.5 Å². The lowest BCUT2D eigenvalue weighted by Gasteiger charge is -2.11. The van der Waals surface area contributed by atoms with Gasteiger partial charge < -0.3 is 9.15 Å². The van der Waals surface area contributed by atoms with Gasteiger partial charge in [-0.3, -0.25) is 14.9 Å². The molecule has 0 aliphatic carbocycles. The SMILES string of the molecule is O=C(N/N=C/c1cc(Cl)c(OCc2ccc(F)cc2)c(Cl)c1)c1cc2cc([N+](=O)[O-])ccc2o1. The quantitative estimate of drug-likeness (QED) is 0.186. The van der Waals surface area contributed by atoms with E-state index in [1.165, 1.54) is 42.6 Å². The molecular formula is C23H14Cl2FN3O5. The molecule has 4 rings (SSSR count). The third kappa shape index (κ3) is 5.33. The van der Waals surface area contributed by atoms with E-state index >= 15 is 0 Å². The molecule has 0 radical (unpaired) electrons. The van der Waals surface area contributed by atoms with Gasteiger partial charge in [0.25, 0.3) is 5.69 Å². The fraction of sp³-hybridized carbons (Fsp3) is 0.0435. The summed E-state index contributed by atoms with van der Waals surface area (Å²) in [6, 6.07) is 14.3. The van der Waals surface area contributed by atoms with Crippen molar-refractivity contribution in [2.75, 3.05) is 0 Å². The van der Waals surface area contributed by atoms with Crippen molar-refractivity contribution in [3.8, 4) is 5.75 Å². The number of furan rings is 1. The Morgan fingerprint density at radius 1 is 1.12 bits per heavy atom. The van der Waals surface area contributed by atoms with E-state index in [0.717, 1.165) is 5.56 Å². The molecule has 0 unspecified atom stereocenters. The lowest BCUT2D eigenvalue weighted by atomic mass is 10.2. The minimum Gasteiger partial charge on any atom is -0.486 e. The van der Waals surface area contributed by atoms with E-state index in [9.17, 15) is 19.3 Å². The van der Waals surface area contributed by atoms with E-state index in [0.29, 0.717) is 16.5 Å². The lowest BCUT2D eigenvalue weighted by molar-refractivity contribution is -0.384. The van der Waals surface area contributed by atoms with Crippen LogP contribution in [0, 0.1) is 15.9 Å². The molecule has 1 N–H and O–H groups in total. The predicted octanol–water partition coefficient (Wildman–Crippen LogP) is 6.13. The van der Waals surface area contributed by atoms with E-state index in [2.05, 4.69) is 10.5 Å². The molecule has 1 heterocycles. The van der Waals surface area contributed by atoms with Crippen LogP contribution >= 0.6 is 23.2 Å². The molecule has 3 aromatic carbocycles. The summed E-state index contributed by atoms with van der Waals surface area (Å²) in [5.74, 6) is -0.801. The van der Waals surface area contributed by atoms with Crippen molar-refractivity contribution in [3.63, 3.8) is 0 Å². The zero-order valence-corrected chi connectivity index (χ0v) is 18.6. The highest BCUT2D eigenvalue weighted by atomic mass is 35.5. The number of nitro groups is 1. The first-order valence-corrected chi connectivity index (χ1v) is 10.4. The summed E-state index contributed by atoms with van der Waals surface area (Å²) >= 11 is 12.5. The summed E-state index contributed by atoms with van der Waals surface area (Å²) in [5.41, 5.74) is 3.75. The van der Waals surface area contributed by atoms with Gasteiger partial charge in [0.2, 0.25) is 0 Å². The van der Waals surface area contributed by atoms with E-state index in [1.54, 1.807) is 24.3 Å². The molecule has 1 amide bonds. The number of hydrogen-bond donors (Lipinski definition) is 1. The first-order chi connectivity index (χ1) is 16.3. The number of carbonyl (C=O) groups excluding carboxylic acids is 1. The second kappa shape index (κ2) is 9.90. The van der Waals surface area contributed by atoms with Crippen LogP contribution in [0.3, 0.4) is 0 Å². The van der Waals surface area contributed by atoms with E-state index < -0.39 is 10.8 Å². The summed E-state index contributed by atoms with van der Waals surface area (Å²) in [4.78, 5) is 22.6. The van der Waals surface area contributed by atoms with Gasteiger partial charge in [-0.05, 0) is 47.5 Å². The van der Waals surface area contributed by atoms with Crippen molar-refractivity contribution >= 4 is 52.0 Å². The Bertz CT molecular complexity index is 1400. The zero-order valence-electron chi connectivity index (χ0n) is 17.1. The summed E-state index contributed by atoms with van der Waals surface area (Å²) < 4.78 is 24.1. The van der Waals surface area contributed by atoms with E-state index in [1.807, 2.05) is 0 Å². The third-order valence-corrected chi connectivity index (χ3v) is 5.19. The highest BCUT2D eigenvalue weighted by molar-refractivity contribution is 6.37. The van der Waals surface area contributed by atoms with Gasteiger partial charge >= 0.3 is 5.91 Å². The van der Waals surface area contributed by atoms with Crippen LogP contribution in [-0.2, 0) is 6.61 Å². The number of ether oxygens (including phenoxy) is 1. The van der Waals surface area contributed by atoms with E-state index in [4.69, 9.17) is 32.4 Å². The van der Waals surface area contributed by atoms with Gasteiger partial charge in [0, 0.05) is 17.5 Å². The first kappa shape index (κ1) is 23.2. The molecule has 0 aliphatic heterocycles. The van der Waals surface area contributed by atoms with Crippen LogP contribution in [0.5, 0.6) is 5.75 Å². The number of nitrogens with one attached hydrogen (secondary N) is 1. The summed E-state index contributed by atoms with van der Waals surface area (Å²) in [6.45, 7) is 0.143. The van der Waals surface area contributed by atoms with Crippen LogP contribution in [0.2, 0.25) is 10.0 Å². The highest BCUT2D eigenvalue weighted by Crippen LogP contribution is 2.34. The van der Waals surface area contributed by atoms with Crippen molar-refractivity contribution in [2.45, 2.75) is 6.61 Å². The number of non-ortho nitro benzene ring substituents is 1. The largest absolute Gasteiger partial charge is 0.486 e. The molecule has 8 nitrogen and oxygen atoms in total. The fourth-order valence-corrected chi connectivity index (χ4v) is 3.62. The minimum atomic E-state index is -0.647. The number of carbonyl (C=O) groups is 1. The second-order valence-corrected chi connectivity index (χ2v) is 7.83. The van der Waals surface area contributed by atoms with Crippen LogP contribution in [0.1, 0.15) is 21.7 Å². The van der Waals surface area contributed by atoms with Crippen molar-refractivity contribution in [2.24, 2.45) is 5.10 Å². The van der Waals surface area contributed by atoms with Gasteiger partial charge in [0.05, 0.1) is 21.2 Å². The van der Waals surface area contributed by atoms with Crippen LogP contribution in [0.4, 0.5) is 10.1 Å². The summed E-state index contributed by atoms with van der Waals surface area (Å²) in [5, 5.41) is 15.6. The maximum atomic E-state index is 13.0. The first-order valence-electron chi connectivity index (χ1n) is 9.68. The number of hydrazone groups is 1. The molecule has 172 valence electrons. The summed E-state index contributed by atoms with van der Waals surface area (Å²) in [6.07, 6.45) is 1.33. The lowest BCUT2D eigenvalue weighted by Crippen LogP contribution is -2.16. The number of halogens is 3. The van der Waals surface area contributed by atoms with Crippen LogP contribution in [0.25, 0.3) is 11.0 Å². The second-order valence-electron chi connectivity index (χ2n) is 7.02. The van der Waals surface area contributed by atoms with Gasteiger partial charge in [-0.2, -0.15) is 5.10 Å². The number of benzene rings is 3. The molecular weight excluding hydrogens is 488 g/mol. The molecule has 0 aliphatic rings. The zero-order chi connectivity index (χ0) is 24.2. The molecule has 34 heavy (non-hydrogen) atoms. The summed E-state index contributed by atoms with van der Waals surface area (Å²) in [7, 11) is 0. The molecule has 0 spiro atoms. The molecule has 0 saturated carbocycles. The van der Waals surface area contributed by atoms with Gasteiger partial charge in [-0.15, -0.1) is 0 Å². The smallest absolute Gasteiger partial charge is 0.307 e. The van der Waals surface area contributed by atoms with Gasteiger partial charge in [0.1, 0.15) is 18.0 Å². The Hall–Kier alpha value is -3.95. The molecule has 0 bridgehead atoms. The molecule has 0 fully saturated rings. The molecule has 11 heteroatoms. The Morgan fingerprint density at radius 2 is 1.82 bits per heavy atom. The average Bonchev–Trinajstić information content (AvgIpc) is 3.23. The maximum Gasteiger partial charge on any atom is 0.307 e. The fourth-order valence-electron chi connectivity index (χ4n) is 3.00. The molecule has 1 aromatic heterocycles. The van der Waals surface area contributed by atoms with Crippen molar-refractivity contribution in [3.05, 3.63) is 104 Å². The van der Waals surface area contributed by atoms with E-state index in [-0.39, 0.29) is 39.7 Å². The highest BCUT2D eigenvalue weighted by Gasteiger charge is 2.15. The number of amides is 1. The van der Waals surface area contributed by atoms with Crippen LogP contribution < -0.4 is 10.2 Å². The van der Waals surface area contributed by atoms with Crippen LogP contribution in [0.15, 0.2) is 70.2 Å². The van der Waals surface area contributed by atoms with Crippen molar-refractivity contribution < 1.29 is 23.3 Å². The average molecular weight is 502 g/mol. The maximum absolute atomic E-state index is 13.0. The Kier molecular flexibility index (Phi) is 6.76. The Morgan fingerprint density at radius 3 is 2.50 bits per heavy atom. The number of fused-ring (bicyclic) bond motifs is 1. The Balaban J connectivity index is 1.41. The normalized spacial score (nSPS) is 11.1. The number of rotatable bonds is 7. The molecule has 4 aromatic rings. The number of nitrogens with zero attached hydrogens (tertiary/aromatic N) is 2. The Labute approximate surface area is 201 Å². The predicted molar refractivity (Wildman–Crippen MR) is 125 cm³/mol. The third-order valence-electron chi connectivity index (χ3n) is 4.63. The molecule has 0 atom stereocenters. The van der Waals surface area contributed by atoms with Crippen molar-refractivity contribution in [1.82, 2.24) is 5.43 Å². The number of nitro benzene ring substituents is 1. The topological polar surface area (TPSA) is 107 Å².